The number of fused-ring (bicyclic) bond motifs is 2. The maximum absolute atomic E-state index is 12.5. The van der Waals surface area contributed by atoms with Crippen LogP contribution in [0.2, 0.25) is 0 Å². The Labute approximate surface area is 392 Å². The highest BCUT2D eigenvalue weighted by Gasteiger charge is 2.20. The number of unbranched alkanes of at least 4 members (excludes halogenated alkanes) is 14. The second kappa shape index (κ2) is 24.9. The van der Waals surface area contributed by atoms with Crippen molar-refractivity contribution in [2.45, 2.75) is 169 Å². The van der Waals surface area contributed by atoms with Crippen LogP contribution in [0.4, 0.5) is 11.4 Å². The standard InChI is InChI=1S/C24H37N5O2S.C14H17N5.C10H21ClO2S/c1-5-6-7-8-9-10-11-12-16-32(30,31)28-20-15-13-14-19(17-20)23-25-22-18-21(24(2,3)4)26-29(22)27-23;1-14(2,3)11-8-12-16-13(18-19(12)17-11)9-5-4-6-10(15)7-9;1-2-3-4-5-6-7-8-9-10-14(11,12)13/h13-15,17-18,26,28H,5-12,16H2,1-4H3;4-8,17H,15H2,1-3H3;2-10H2,1H3. The van der Waals surface area contributed by atoms with Gasteiger partial charge in [0, 0.05) is 67.5 Å². The van der Waals surface area contributed by atoms with E-state index >= 15 is 0 Å². The number of hydrogen-bond acceptors (Lipinski definition) is 9. The fourth-order valence-corrected chi connectivity index (χ4v) is 9.08. The zero-order chi connectivity index (χ0) is 47.7. The van der Waals surface area contributed by atoms with Crippen LogP contribution in [-0.4, -0.2) is 68.0 Å². The van der Waals surface area contributed by atoms with E-state index in [0.29, 0.717) is 35.9 Å². The fourth-order valence-electron chi connectivity index (χ4n) is 7.03. The van der Waals surface area contributed by atoms with Gasteiger partial charge in [-0.2, -0.15) is 9.26 Å². The number of benzene rings is 2. The van der Waals surface area contributed by atoms with Crippen molar-refractivity contribution in [1.82, 2.24) is 39.6 Å². The van der Waals surface area contributed by atoms with Gasteiger partial charge in [-0.15, -0.1) is 10.2 Å². The van der Waals surface area contributed by atoms with Crippen molar-refractivity contribution in [2.75, 3.05) is 22.0 Å². The number of sulfonamides is 1. The minimum Gasteiger partial charge on any atom is -0.399 e. The van der Waals surface area contributed by atoms with Crippen molar-refractivity contribution in [1.29, 1.82) is 0 Å². The van der Waals surface area contributed by atoms with Crippen molar-refractivity contribution >= 4 is 52.4 Å². The van der Waals surface area contributed by atoms with Gasteiger partial charge in [-0.25, -0.2) is 26.8 Å². The van der Waals surface area contributed by atoms with E-state index in [1.54, 1.807) is 21.4 Å². The van der Waals surface area contributed by atoms with Crippen LogP contribution in [0.3, 0.4) is 0 Å². The summed E-state index contributed by atoms with van der Waals surface area (Å²) in [4.78, 5) is 9.12. The summed E-state index contributed by atoms with van der Waals surface area (Å²) in [6.45, 7) is 17.2. The highest BCUT2D eigenvalue weighted by molar-refractivity contribution is 8.13. The topological polar surface area (TPSA) is 198 Å². The maximum atomic E-state index is 12.5. The van der Waals surface area contributed by atoms with Crippen molar-refractivity contribution < 1.29 is 16.8 Å². The molecule has 0 amide bonds. The summed E-state index contributed by atoms with van der Waals surface area (Å²) in [5.41, 5.74) is 12.5. The van der Waals surface area contributed by atoms with Crippen LogP contribution in [-0.2, 0) is 29.9 Å². The van der Waals surface area contributed by atoms with E-state index < -0.39 is 19.1 Å². The molecule has 0 atom stereocenters. The van der Waals surface area contributed by atoms with E-state index in [0.717, 1.165) is 59.5 Å². The molecule has 360 valence electrons. The second-order valence-corrected chi connectivity index (χ2v) is 23.8. The third-order valence-electron chi connectivity index (χ3n) is 10.9. The molecule has 2 aromatic carbocycles. The molecule has 6 rings (SSSR count). The van der Waals surface area contributed by atoms with Gasteiger partial charge < -0.3 is 5.73 Å². The summed E-state index contributed by atoms with van der Waals surface area (Å²) in [6.07, 6.45) is 18.2. The summed E-state index contributed by atoms with van der Waals surface area (Å²) >= 11 is 0. The second-order valence-electron chi connectivity index (χ2n) is 19.1. The number of nitrogens with two attached hydrogens (primary N) is 1. The van der Waals surface area contributed by atoms with E-state index in [1.165, 1.54) is 64.2 Å². The molecule has 5 N–H and O–H groups in total. The molecule has 4 heterocycles. The van der Waals surface area contributed by atoms with Gasteiger partial charge in [-0.3, -0.25) is 14.9 Å². The molecule has 4 aromatic heterocycles. The lowest BCUT2D eigenvalue weighted by Gasteiger charge is -2.14. The SMILES string of the molecule is CC(C)(C)c1cc2nc(-c3cccc(N)c3)nn2[nH]1.CCCCCCCCCCS(=O)(=O)Cl.CCCCCCCCCCS(=O)(=O)Nc1cccc(-c2nc3cc(C(C)(C)C)[nH]n3n2)c1. The summed E-state index contributed by atoms with van der Waals surface area (Å²) in [7, 11) is -1.54. The minimum absolute atomic E-state index is 0.0181. The number of rotatable bonds is 22. The van der Waals surface area contributed by atoms with Gasteiger partial charge in [0.15, 0.2) is 22.9 Å². The number of nitrogens with one attached hydrogen (secondary N) is 3. The molecule has 0 aliphatic carbocycles. The summed E-state index contributed by atoms with van der Waals surface area (Å²) in [6, 6.07) is 18.9. The van der Waals surface area contributed by atoms with Crippen LogP contribution >= 0.6 is 10.7 Å². The molecule has 0 spiro atoms. The molecule has 0 aliphatic heterocycles. The molecule has 0 aliphatic rings. The summed E-state index contributed by atoms with van der Waals surface area (Å²) < 4.78 is 52.2. The first kappa shape index (κ1) is 53.2. The van der Waals surface area contributed by atoms with Gasteiger partial charge in [-0.1, -0.05) is 170 Å². The smallest absolute Gasteiger partial charge is 0.232 e. The first-order valence-electron chi connectivity index (χ1n) is 23.5. The fraction of sp³-hybridized carbons (Fsp3) is 0.583. The first-order valence-corrected chi connectivity index (χ1v) is 27.6. The number of anilines is 2. The number of aromatic nitrogens is 8. The molecule has 65 heavy (non-hydrogen) atoms. The van der Waals surface area contributed by atoms with Crippen LogP contribution in [0.1, 0.15) is 170 Å². The average molecular weight is 956 g/mol. The Morgan fingerprint density at radius 3 is 1.42 bits per heavy atom. The van der Waals surface area contributed by atoms with Gasteiger partial charge in [0.05, 0.1) is 11.5 Å². The normalized spacial score (nSPS) is 12.3. The molecule has 0 saturated heterocycles. The van der Waals surface area contributed by atoms with Crippen molar-refractivity contribution in [3.63, 3.8) is 0 Å². The van der Waals surface area contributed by atoms with Crippen LogP contribution in [0.25, 0.3) is 34.1 Å². The molecule has 0 radical (unpaired) electrons. The molecule has 14 nitrogen and oxygen atoms in total. The van der Waals surface area contributed by atoms with Crippen molar-refractivity contribution in [2.24, 2.45) is 0 Å². The van der Waals surface area contributed by atoms with Gasteiger partial charge in [0.1, 0.15) is 0 Å². The van der Waals surface area contributed by atoms with Crippen molar-refractivity contribution in [3.05, 3.63) is 72.1 Å². The largest absolute Gasteiger partial charge is 0.399 e. The molecule has 0 unspecified atom stereocenters. The van der Waals surface area contributed by atoms with E-state index in [2.05, 4.69) is 90.5 Å². The molecular formula is C48H75ClN10O4S2. The minimum atomic E-state index is -3.37. The summed E-state index contributed by atoms with van der Waals surface area (Å²) in [5, 5.41) is 15.5. The Hall–Kier alpha value is -4.41. The Kier molecular flexibility index (Phi) is 20.4. The number of nitrogen functional groups attached to an aromatic ring is 1. The van der Waals surface area contributed by atoms with Crippen molar-refractivity contribution in [3.8, 4) is 22.8 Å². The van der Waals surface area contributed by atoms with E-state index in [9.17, 15) is 16.8 Å². The van der Waals surface area contributed by atoms with Crippen LogP contribution < -0.4 is 10.5 Å². The molecular weight excluding hydrogens is 880 g/mol. The number of nitrogens with zero attached hydrogens (tertiary/aromatic N) is 6. The van der Waals surface area contributed by atoms with Crippen LogP contribution in [0.15, 0.2) is 60.7 Å². The number of H-pyrrole nitrogens is 2. The number of hydrogen-bond donors (Lipinski definition) is 4. The van der Waals surface area contributed by atoms with E-state index in [-0.39, 0.29) is 22.3 Å². The van der Waals surface area contributed by atoms with Crippen LogP contribution in [0, 0.1) is 0 Å². The lowest BCUT2D eigenvalue weighted by Crippen LogP contribution is -2.16. The number of halogens is 1. The monoisotopic (exact) mass is 955 g/mol. The lowest BCUT2D eigenvalue weighted by atomic mass is 9.93. The van der Waals surface area contributed by atoms with Gasteiger partial charge in [0.25, 0.3) is 0 Å². The predicted molar refractivity (Wildman–Crippen MR) is 270 cm³/mol. The third kappa shape index (κ3) is 18.8. The molecule has 17 heteroatoms. The van der Waals surface area contributed by atoms with E-state index in [4.69, 9.17) is 16.4 Å². The first-order chi connectivity index (χ1) is 30.7. The van der Waals surface area contributed by atoms with Gasteiger partial charge >= 0.3 is 0 Å². The molecule has 0 saturated carbocycles. The zero-order valence-corrected chi connectivity index (χ0v) is 42.5. The van der Waals surface area contributed by atoms with Gasteiger partial charge in [0.2, 0.25) is 19.1 Å². The van der Waals surface area contributed by atoms with E-state index in [1.807, 2.05) is 48.5 Å². The summed E-state index contributed by atoms with van der Waals surface area (Å²) in [5.74, 6) is 1.51. The third-order valence-corrected chi connectivity index (χ3v) is 13.5. The van der Waals surface area contributed by atoms with Crippen LogP contribution in [0.5, 0.6) is 0 Å². The Morgan fingerprint density at radius 2 is 1.00 bits per heavy atom. The van der Waals surface area contributed by atoms with Gasteiger partial charge in [-0.05, 0) is 37.1 Å². The Bertz CT molecular complexity index is 2500. The average Bonchev–Trinajstić information content (AvgIpc) is 4.01. The number of aromatic amines is 2. The quantitative estimate of drug-likeness (QED) is 0.0290. The zero-order valence-electron chi connectivity index (χ0n) is 40.1. The highest BCUT2D eigenvalue weighted by Crippen LogP contribution is 2.26. The Morgan fingerprint density at radius 1 is 0.585 bits per heavy atom. The highest BCUT2D eigenvalue weighted by atomic mass is 35.7. The maximum Gasteiger partial charge on any atom is 0.232 e. The molecule has 0 fully saturated rings. The molecule has 0 bridgehead atoms. The molecule has 6 aromatic rings. The predicted octanol–water partition coefficient (Wildman–Crippen LogP) is 12.2. The lowest BCUT2D eigenvalue weighted by molar-refractivity contribution is 0.557. The Balaban J connectivity index is 0.000000237.